The summed E-state index contributed by atoms with van der Waals surface area (Å²) in [5.74, 6) is 0.857. The van der Waals surface area contributed by atoms with Crippen LogP contribution in [0.1, 0.15) is 41.4 Å². The van der Waals surface area contributed by atoms with Gasteiger partial charge in [0.15, 0.2) is 11.3 Å². The third-order valence-electron chi connectivity index (χ3n) is 4.82. The molecule has 1 aliphatic heterocycles. The number of ether oxygens (including phenoxy) is 1. The van der Waals surface area contributed by atoms with Gasteiger partial charge in [-0.25, -0.2) is 0 Å². The molecule has 1 fully saturated rings. The van der Waals surface area contributed by atoms with Gasteiger partial charge >= 0.3 is 0 Å². The zero-order valence-corrected chi connectivity index (χ0v) is 15.3. The van der Waals surface area contributed by atoms with Crippen LogP contribution in [-0.4, -0.2) is 37.1 Å². The van der Waals surface area contributed by atoms with E-state index in [4.69, 9.17) is 20.8 Å². The maximum absolute atomic E-state index is 13.0. The molecular formula is C19H24ClNO3. The lowest BCUT2D eigenvalue weighted by molar-refractivity contribution is 0.0454. The molecule has 0 bridgehead atoms. The molecule has 0 N–H and O–H groups in total. The van der Waals surface area contributed by atoms with Crippen molar-refractivity contribution in [3.05, 3.63) is 34.0 Å². The number of hydrogen-bond acceptors (Lipinski definition) is 3. The maximum Gasteiger partial charge on any atom is 0.289 e. The number of carbonyl (C=O) groups is 1. The average molecular weight is 350 g/mol. The van der Waals surface area contributed by atoms with Gasteiger partial charge in [0.25, 0.3) is 5.91 Å². The van der Waals surface area contributed by atoms with Crippen LogP contribution in [0.3, 0.4) is 0 Å². The molecule has 0 saturated carbocycles. The number of benzene rings is 1. The Morgan fingerprint density at radius 3 is 2.67 bits per heavy atom. The minimum absolute atomic E-state index is 0.0496. The van der Waals surface area contributed by atoms with E-state index in [2.05, 4.69) is 0 Å². The third-order valence-corrected chi connectivity index (χ3v) is 5.10. The molecule has 0 aliphatic carbocycles. The first-order valence-electron chi connectivity index (χ1n) is 8.57. The van der Waals surface area contributed by atoms with E-state index >= 15 is 0 Å². The van der Waals surface area contributed by atoms with Crippen LogP contribution in [0.15, 0.2) is 16.5 Å². The second-order valence-corrected chi connectivity index (χ2v) is 6.99. The van der Waals surface area contributed by atoms with Crippen LogP contribution in [0.5, 0.6) is 0 Å². The second-order valence-electron chi connectivity index (χ2n) is 6.58. The zero-order valence-electron chi connectivity index (χ0n) is 14.5. The molecule has 0 spiro atoms. The molecule has 0 unspecified atom stereocenters. The first kappa shape index (κ1) is 17.3. The van der Waals surface area contributed by atoms with Gasteiger partial charge in [-0.1, -0.05) is 11.6 Å². The minimum atomic E-state index is -0.0496. The van der Waals surface area contributed by atoms with Crippen molar-refractivity contribution in [1.29, 1.82) is 0 Å². The summed E-state index contributed by atoms with van der Waals surface area (Å²) in [6.07, 6.45) is 2.02. The highest BCUT2D eigenvalue weighted by molar-refractivity contribution is 6.35. The summed E-state index contributed by atoms with van der Waals surface area (Å²) in [4.78, 5) is 14.9. The Labute approximate surface area is 147 Å². The predicted octanol–water partition coefficient (Wildman–Crippen LogP) is 4.59. The molecule has 1 amide bonds. The van der Waals surface area contributed by atoms with E-state index in [0.717, 1.165) is 49.1 Å². The molecule has 1 aliphatic rings. The van der Waals surface area contributed by atoms with E-state index in [9.17, 15) is 4.79 Å². The van der Waals surface area contributed by atoms with Crippen molar-refractivity contribution in [2.75, 3.05) is 26.3 Å². The van der Waals surface area contributed by atoms with Gasteiger partial charge in [-0.2, -0.15) is 0 Å². The number of aryl methyl sites for hydroxylation is 2. The van der Waals surface area contributed by atoms with Crippen LogP contribution in [-0.2, 0) is 4.74 Å². The van der Waals surface area contributed by atoms with Gasteiger partial charge in [-0.15, -0.1) is 0 Å². The molecule has 130 valence electrons. The monoisotopic (exact) mass is 349 g/mol. The van der Waals surface area contributed by atoms with Gasteiger partial charge in [0.1, 0.15) is 0 Å². The fraction of sp³-hybridized carbons (Fsp3) is 0.526. The summed E-state index contributed by atoms with van der Waals surface area (Å²) in [6, 6.07) is 3.88. The summed E-state index contributed by atoms with van der Waals surface area (Å²) >= 11 is 6.29. The van der Waals surface area contributed by atoms with Crippen LogP contribution in [0, 0.1) is 19.8 Å². The topological polar surface area (TPSA) is 42.7 Å². The predicted molar refractivity (Wildman–Crippen MR) is 95.8 cm³/mol. The standard InChI is InChI=1S/C19H24ClNO3/c1-4-21(11-14-5-7-23-8-6-14)19(22)17-13(3)15-9-12(2)10-16(20)18(15)24-17/h9-10,14H,4-8,11H2,1-3H3. The molecule has 1 aromatic heterocycles. The van der Waals surface area contributed by atoms with Crippen LogP contribution in [0.25, 0.3) is 11.0 Å². The van der Waals surface area contributed by atoms with E-state index in [0.29, 0.717) is 28.8 Å². The number of amides is 1. The molecule has 0 radical (unpaired) electrons. The number of furan rings is 1. The normalized spacial score (nSPS) is 15.8. The summed E-state index contributed by atoms with van der Waals surface area (Å²) in [5.41, 5.74) is 2.53. The lowest BCUT2D eigenvalue weighted by Gasteiger charge is -2.28. The average Bonchev–Trinajstić information content (AvgIpc) is 2.90. The molecule has 2 aromatic rings. The maximum atomic E-state index is 13.0. The molecule has 5 heteroatoms. The SMILES string of the molecule is CCN(CC1CCOCC1)C(=O)c1oc2c(Cl)cc(C)cc2c1C. The number of carbonyl (C=O) groups excluding carboxylic acids is 1. The van der Waals surface area contributed by atoms with E-state index in [1.165, 1.54) is 0 Å². The van der Waals surface area contributed by atoms with Crippen LogP contribution >= 0.6 is 11.6 Å². The fourth-order valence-electron chi connectivity index (χ4n) is 3.36. The van der Waals surface area contributed by atoms with Crippen LogP contribution in [0.2, 0.25) is 5.02 Å². The van der Waals surface area contributed by atoms with Crippen molar-refractivity contribution in [3.63, 3.8) is 0 Å². The molecule has 1 saturated heterocycles. The van der Waals surface area contributed by atoms with Crippen molar-refractivity contribution in [3.8, 4) is 0 Å². The molecule has 1 aromatic carbocycles. The molecule has 2 heterocycles. The van der Waals surface area contributed by atoms with Crippen molar-refractivity contribution >= 4 is 28.5 Å². The zero-order chi connectivity index (χ0) is 17.3. The number of fused-ring (bicyclic) bond motifs is 1. The smallest absolute Gasteiger partial charge is 0.289 e. The Hall–Kier alpha value is -1.52. The Balaban J connectivity index is 1.88. The lowest BCUT2D eigenvalue weighted by atomic mass is 9.99. The molecular weight excluding hydrogens is 326 g/mol. The van der Waals surface area contributed by atoms with Gasteiger partial charge in [-0.05, 0) is 57.2 Å². The summed E-state index contributed by atoms with van der Waals surface area (Å²) in [5, 5.41) is 1.48. The third kappa shape index (κ3) is 3.31. The van der Waals surface area contributed by atoms with Gasteiger partial charge in [-0.3, -0.25) is 4.79 Å². The number of rotatable bonds is 4. The van der Waals surface area contributed by atoms with Gasteiger partial charge in [0, 0.05) is 37.3 Å². The molecule has 4 nitrogen and oxygen atoms in total. The van der Waals surface area contributed by atoms with E-state index in [1.54, 1.807) is 0 Å². The first-order chi connectivity index (χ1) is 11.5. The second kappa shape index (κ2) is 7.16. The quantitative estimate of drug-likeness (QED) is 0.810. The van der Waals surface area contributed by atoms with Gasteiger partial charge in [0.05, 0.1) is 5.02 Å². The highest BCUT2D eigenvalue weighted by Crippen LogP contribution is 2.33. The van der Waals surface area contributed by atoms with Crippen molar-refractivity contribution in [2.45, 2.75) is 33.6 Å². The summed E-state index contributed by atoms with van der Waals surface area (Å²) in [7, 11) is 0. The number of nitrogens with zero attached hydrogens (tertiary/aromatic N) is 1. The Bertz CT molecular complexity index is 747. The number of halogens is 1. The first-order valence-corrected chi connectivity index (χ1v) is 8.95. The van der Waals surface area contributed by atoms with Gasteiger partial charge in [0.2, 0.25) is 0 Å². The highest BCUT2D eigenvalue weighted by Gasteiger charge is 2.26. The van der Waals surface area contributed by atoms with E-state index in [1.807, 2.05) is 37.8 Å². The van der Waals surface area contributed by atoms with Crippen LogP contribution < -0.4 is 0 Å². The number of hydrogen-bond donors (Lipinski definition) is 0. The van der Waals surface area contributed by atoms with Crippen molar-refractivity contribution in [2.24, 2.45) is 5.92 Å². The Morgan fingerprint density at radius 2 is 2.00 bits per heavy atom. The summed E-state index contributed by atoms with van der Waals surface area (Å²) < 4.78 is 11.3. The molecule has 0 atom stereocenters. The largest absolute Gasteiger partial charge is 0.449 e. The molecule has 3 rings (SSSR count). The van der Waals surface area contributed by atoms with Crippen molar-refractivity contribution < 1.29 is 13.9 Å². The van der Waals surface area contributed by atoms with Crippen molar-refractivity contribution in [1.82, 2.24) is 4.90 Å². The van der Waals surface area contributed by atoms with E-state index in [-0.39, 0.29) is 5.91 Å². The van der Waals surface area contributed by atoms with Gasteiger partial charge < -0.3 is 14.1 Å². The Kier molecular flexibility index (Phi) is 5.16. The summed E-state index contributed by atoms with van der Waals surface area (Å²) in [6.45, 7) is 8.91. The highest BCUT2D eigenvalue weighted by atomic mass is 35.5. The Morgan fingerprint density at radius 1 is 1.29 bits per heavy atom. The van der Waals surface area contributed by atoms with Crippen LogP contribution in [0.4, 0.5) is 0 Å². The van der Waals surface area contributed by atoms with E-state index < -0.39 is 0 Å². The fourth-order valence-corrected chi connectivity index (χ4v) is 3.67. The minimum Gasteiger partial charge on any atom is -0.449 e. The molecule has 24 heavy (non-hydrogen) atoms. The lowest BCUT2D eigenvalue weighted by Crippen LogP contribution is -2.37.